The van der Waals surface area contributed by atoms with Crippen LogP contribution in [0.4, 0.5) is 0 Å². The highest BCUT2D eigenvalue weighted by Gasteiger charge is 2.15. The Kier molecular flexibility index (Phi) is 6.64. The van der Waals surface area contributed by atoms with Gasteiger partial charge in [0.2, 0.25) is 0 Å². The summed E-state index contributed by atoms with van der Waals surface area (Å²) in [5.74, 6) is -1.07. The van der Waals surface area contributed by atoms with E-state index < -0.39 is 17.9 Å². The van der Waals surface area contributed by atoms with Gasteiger partial charge in [-0.1, -0.05) is 6.07 Å². The summed E-state index contributed by atoms with van der Waals surface area (Å²) in [5.41, 5.74) is 0.324. The Morgan fingerprint density at radius 1 is 1.43 bits per heavy atom. The fraction of sp³-hybridized carbons (Fsp3) is 0.429. The topological polar surface area (TPSA) is 99.1 Å². The number of hydrogen-bond acceptors (Lipinski definition) is 5. The fourth-order valence-electron chi connectivity index (χ4n) is 1.49. The number of ether oxygens (including phenoxy) is 1. The van der Waals surface area contributed by atoms with Gasteiger partial charge < -0.3 is 20.3 Å². The third-order valence-electron chi connectivity index (χ3n) is 2.75. The molecule has 0 bridgehead atoms. The monoisotopic (exact) mass is 296 g/mol. The number of hydrogen-bond donors (Lipinski definition) is 3. The molecular weight excluding hydrogens is 276 g/mol. The number of benzene rings is 1. The fourth-order valence-corrected chi connectivity index (χ4v) is 1.49. The van der Waals surface area contributed by atoms with Gasteiger partial charge in [-0.3, -0.25) is 14.5 Å². The minimum atomic E-state index is -1.10. The second-order valence-corrected chi connectivity index (χ2v) is 4.64. The molecule has 21 heavy (non-hydrogen) atoms. The van der Waals surface area contributed by atoms with Gasteiger partial charge in [0.15, 0.2) is 0 Å². The smallest absolute Gasteiger partial charge is 0.325 e. The molecule has 0 spiro atoms. The van der Waals surface area contributed by atoms with Crippen LogP contribution in [0.15, 0.2) is 24.3 Å². The first kappa shape index (κ1) is 16.9. The van der Waals surface area contributed by atoms with Gasteiger partial charge in [-0.05, 0) is 32.2 Å². The molecule has 0 radical (unpaired) electrons. The highest BCUT2D eigenvalue weighted by Crippen LogP contribution is 2.13. The maximum Gasteiger partial charge on any atom is 0.325 e. The van der Waals surface area contributed by atoms with E-state index in [0.717, 1.165) is 0 Å². The van der Waals surface area contributed by atoms with Crippen LogP contribution in [0.1, 0.15) is 17.3 Å². The van der Waals surface area contributed by atoms with E-state index in [9.17, 15) is 9.59 Å². The van der Waals surface area contributed by atoms with Crippen molar-refractivity contribution in [2.24, 2.45) is 0 Å². The summed E-state index contributed by atoms with van der Waals surface area (Å²) in [6.45, 7) is 2.19. The average molecular weight is 296 g/mol. The number of nitrogens with one attached hydrogen (secondary N) is 1. The zero-order valence-corrected chi connectivity index (χ0v) is 12.1. The maximum absolute atomic E-state index is 11.9. The molecule has 0 aromatic heterocycles. The predicted molar refractivity (Wildman–Crippen MR) is 76.2 cm³/mol. The van der Waals surface area contributed by atoms with E-state index in [2.05, 4.69) is 5.32 Å². The summed E-state index contributed by atoms with van der Waals surface area (Å²) in [6, 6.07) is 5.51. The Bertz CT molecular complexity index is 492. The third-order valence-corrected chi connectivity index (χ3v) is 2.75. The van der Waals surface area contributed by atoms with E-state index in [4.69, 9.17) is 14.9 Å². The molecule has 0 saturated carbocycles. The molecule has 1 amide bonds. The number of aliphatic hydroxyl groups is 1. The van der Waals surface area contributed by atoms with Crippen LogP contribution in [-0.2, 0) is 4.79 Å². The van der Waals surface area contributed by atoms with E-state index in [1.165, 1.54) is 13.0 Å². The SMILES string of the molecule is CC(NC(=O)c1cccc(OCN(C)CCO)c1)C(=O)O. The lowest BCUT2D eigenvalue weighted by Crippen LogP contribution is -2.38. The van der Waals surface area contributed by atoms with Crippen molar-refractivity contribution in [3.05, 3.63) is 29.8 Å². The van der Waals surface area contributed by atoms with Gasteiger partial charge >= 0.3 is 5.97 Å². The van der Waals surface area contributed by atoms with Crippen molar-refractivity contribution in [1.82, 2.24) is 10.2 Å². The van der Waals surface area contributed by atoms with Crippen LogP contribution in [0.3, 0.4) is 0 Å². The minimum Gasteiger partial charge on any atom is -0.480 e. The Morgan fingerprint density at radius 2 is 2.14 bits per heavy atom. The molecule has 1 aromatic carbocycles. The summed E-state index contributed by atoms with van der Waals surface area (Å²) >= 11 is 0. The van der Waals surface area contributed by atoms with Crippen molar-refractivity contribution in [3.8, 4) is 5.75 Å². The highest BCUT2D eigenvalue weighted by atomic mass is 16.5. The number of aliphatic carboxylic acids is 1. The third kappa shape index (κ3) is 5.80. The van der Waals surface area contributed by atoms with Crippen LogP contribution in [-0.4, -0.2) is 60.0 Å². The van der Waals surface area contributed by atoms with Crippen molar-refractivity contribution < 1.29 is 24.5 Å². The summed E-state index contributed by atoms with van der Waals surface area (Å²) < 4.78 is 5.48. The van der Waals surface area contributed by atoms with Gasteiger partial charge in [-0.25, -0.2) is 0 Å². The minimum absolute atomic E-state index is 0.0371. The molecule has 1 unspecified atom stereocenters. The summed E-state index contributed by atoms with van der Waals surface area (Å²) in [4.78, 5) is 24.4. The van der Waals surface area contributed by atoms with Gasteiger partial charge in [0.1, 0.15) is 18.5 Å². The van der Waals surface area contributed by atoms with Gasteiger partial charge in [-0.15, -0.1) is 0 Å². The van der Waals surface area contributed by atoms with Gasteiger partial charge in [-0.2, -0.15) is 0 Å². The molecule has 1 rings (SSSR count). The van der Waals surface area contributed by atoms with E-state index in [1.54, 1.807) is 30.1 Å². The second-order valence-electron chi connectivity index (χ2n) is 4.64. The largest absolute Gasteiger partial charge is 0.480 e. The molecule has 116 valence electrons. The molecule has 7 nitrogen and oxygen atoms in total. The lowest BCUT2D eigenvalue weighted by atomic mass is 10.2. The van der Waals surface area contributed by atoms with Crippen LogP contribution >= 0.6 is 0 Å². The maximum atomic E-state index is 11.9. The summed E-state index contributed by atoms with van der Waals surface area (Å²) in [5, 5.41) is 19.9. The molecule has 7 heteroatoms. The average Bonchev–Trinajstić information content (AvgIpc) is 2.45. The molecular formula is C14H20N2O5. The molecule has 0 aliphatic heterocycles. The molecule has 0 fully saturated rings. The number of amides is 1. The zero-order valence-electron chi connectivity index (χ0n) is 12.1. The van der Waals surface area contributed by atoms with Crippen LogP contribution in [0.25, 0.3) is 0 Å². The quantitative estimate of drug-likeness (QED) is 0.591. The number of aliphatic hydroxyl groups excluding tert-OH is 1. The second kappa shape index (κ2) is 8.23. The molecule has 0 saturated heterocycles. The first-order valence-electron chi connectivity index (χ1n) is 6.50. The van der Waals surface area contributed by atoms with E-state index in [-0.39, 0.29) is 13.3 Å². The van der Waals surface area contributed by atoms with E-state index in [0.29, 0.717) is 17.9 Å². The number of nitrogens with zero attached hydrogens (tertiary/aromatic N) is 1. The standard InChI is InChI=1S/C14H20N2O5/c1-10(14(19)20)15-13(18)11-4-3-5-12(8-11)21-9-16(2)6-7-17/h3-5,8,10,17H,6-7,9H2,1-2H3,(H,15,18)(H,19,20). The molecule has 0 aliphatic rings. The van der Waals surface area contributed by atoms with Crippen molar-refractivity contribution >= 4 is 11.9 Å². The van der Waals surface area contributed by atoms with Gasteiger partial charge in [0.05, 0.1) is 6.61 Å². The zero-order chi connectivity index (χ0) is 15.8. The summed E-state index contributed by atoms with van der Waals surface area (Å²) in [6.07, 6.45) is 0. The molecule has 0 aliphatic carbocycles. The normalized spacial score (nSPS) is 12.0. The Hall–Kier alpha value is -2.12. The number of rotatable bonds is 8. The van der Waals surface area contributed by atoms with Crippen molar-refractivity contribution in [3.63, 3.8) is 0 Å². The van der Waals surface area contributed by atoms with Crippen molar-refractivity contribution in [2.45, 2.75) is 13.0 Å². The van der Waals surface area contributed by atoms with Crippen LogP contribution < -0.4 is 10.1 Å². The molecule has 3 N–H and O–H groups in total. The lowest BCUT2D eigenvalue weighted by molar-refractivity contribution is -0.138. The summed E-state index contributed by atoms with van der Waals surface area (Å²) in [7, 11) is 1.79. The highest BCUT2D eigenvalue weighted by molar-refractivity contribution is 5.96. The Balaban J connectivity index is 2.63. The van der Waals surface area contributed by atoms with Crippen LogP contribution in [0, 0.1) is 0 Å². The molecule has 1 aromatic rings. The predicted octanol–water partition coefficient (Wildman–Crippen LogP) is 0.150. The Morgan fingerprint density at radius 3 is 2.76 bits per heavy atom. The van der Waals surface area contributed by atoms with Crippen LogP contribution in [0.2, 0.25) is 0 Å². The van der Waals surface area contributed by atoms with E-state index >= 15 is 0 Å². The van der Waals surface area contributed by atoms with E-state index in [1.807, 2.05) is 0 Å². The number of carboxylic acids is 1. The van der Waals surface area contributed by atoms with Crippen molar-refractivity contribution in [2.75, 3.05) is 26.9 Å². The lowest BCUT2D eigenvalue weighted by Gasteiger charge is -2.16. The van der Waals surface area contributed by atoms with Crippen LogP contribution in [0.5, 0.6) is 5.75 Å². The first-order chi connectivity index (χ1) is 9.93. The number of carboxylic acid groups (broad SMARTS) is 1. The number of carbonyl (C=O) groups excluding carboxylic acids is 1. The van der Waals surface area contributed by atoms with Crippen molar-refractivity contribution in [1.29, 1.82) is 0 Å². The molecule has 0 heterocycles. The van der Waals surface area contributed by atoms with Gasteiger partial charge in [0, 0.05) is 12.1 Å². The number of likely N-dealkylation sites (N-methyl/N-ethyl adjacent to an activating group) is 1. The molecule has 1 atom stereocenters. The Labute approximate surface area is 123 Å². The number of carbonyl (C=O) groups is 2. The first-order valence-corrected chi connectivity index (χ1v) is 6.50. The van der Waals surface area contributed by atoms with Gasteiger partial charge in [0.25, 0.3) is 5.91 Å².